The van der Waals surface area contributed by atoms with Crippen molar-refractivity contribution in [3.05, 3.63) is 0 Å². The van der Waals surface area contributed by atoms with E-state index in [0.717, 1.165) is 12.2 Å². The molecule has 0 aromatic carbocycles. The molecular formula is C12H23N3O3S. The summed E-state index contributed by atoms with van der Waals surface area (Å²) in [6.45, 7) is 2.92. The molecule has 6 nitrogen and oxygen atoms in total. The Bertz CT molecular complexity index is 330. The molecule has 7 heteroatoms. The van der Waals surface area contributed by atoms with E-state index < -0.39 is 5.41 Å². The molecule has 1 aliphatic rings. The second kappa shape index (κ2) is 7.59. The van der Waals surface area contributed by atoms with Gasteiger partial charge in [-0.2, -0.15) is 11.8 Å². The number of nitrogens with one attached hydrogen (secondary N) is 1. The van der Waals surface area contributed by atoms with Crippen LogP contribution in [0.2, 0.25) is 0 Å². The fourth-order valence-corrected chi connectivity index (χ4v) is 2.92. The van der Waals surface area contributed by atoms with Gasteiger partial charge in [-0.05, 0) is 25.5 Å². The molecule has 1 fully saturated rings. The van der Waals surface area contributed by atoms with Crippen LogP contribution in [0, 0.1) is 5.41 Å². The van der Waals surface area contributed by atoms with E-state index >= 15 is 0 Å². The number of nitrogens with zero attached hydrogens (tertiary/aromatic N) is 1. The number of carbonyl (C=O) groups is 1. The van der Waals surface area contributed by atoms with Crippen molar-refractivity contribution in [2.45, 2.75) is 32.2 Å². The van der Waals surface area contributed by atoms with E-state index in [1.54, 1.807) is 11.8 Å². The van der Waals surface area contributed by atoms with Crippen LogP contribution in [0.5, 0.6) is 0 Å². The van der Waals surface area contributed by atoms with Crippen LogP contribution in [0.15, 0.2) is 5.16 Å². The molecule has 0 spiro atoms. The Labute approximate surface area is 118 Å². The molecule has 110 valence electrons. The molecular weight excluding hydrogens is 266 g/mol. The van der Waals surface area contributed by atoms with Crippen molar-refractivity contribution in [2.75, 3.05) is 25.2 Å². The molecule has 1 saturated heterocycles. The van der Waals surface area contributed by atoms with Crippen LogP contribution in [0.25, 0.3) is 0 Å². The van der Waals surface area contributed by atoms with Gasteiger partial charge in [0.15, 0.2) is 5.84 Å². The van der Waals surface area contributed by atoms with Gasteiger partial charge in [-0.3, -0.25) is 4.79 Å². The van der Waals surface area contributed by atoms with Crippen LogP contribution < -0.4 is 11.1 Å². The quantitative estimate of drug-likeness (QED) is 0.291. The second-order valence-corrected chi connectivity index (χ2v) is 5.62. The van der Waals surface area contributed by atoms with Crippen LogP contribution in [0.3, 0.4) is 0 Å². The maximum absolute atomic E-state index is 12.5. The van der Waals surface area contributed by atoms with E-state index in [4.69, 9.17) is 15.7 Å². The lowest BCUT2D eigenvalue weighted by atomic mass is 9.78. The van der Waals surface area contributed by atoms with Gasteiger partial charge in [0.2, 0.25) is 5.91 Å². The average molecular weight is 289 g/mol. The Kier molecular flexibility index (Phi) is 6.44. The summed E-state index contributed by atoms with van der Waals surface area (Å²) in [6.07, 6.45) is 3.76. The number of amidine groups is 1. The Morgan fingerprint density at radius 1 is 1.58 bits per heavy atom. The molecule has 0 saturated carbocycles. The van der Waals surface area contributed by atoms with Gasteiger partial charge in [-0.1, -0.05) is 12.1 Å². The standard InChI is InChI=1S/C12H23N3O3S/c1-3-9(8-19-2)14-11(16)12(10(13)15-17)4-6-18-7-5-12/h9,17H,3-8H2,1-2H3,(H2,13,15)(H,14,16). The summed E-state index contributed by atoms with van der Waals surface area (Å²) in [5, 5.41) is 15.0. The van der Waals surface area contributed by atoms with E-state index in [1.807, 2.05) is 13.2 Å². The first kappa shape index (κ1) is 16.1. The molecule has 0 aromatic rings. The van der Waals surface area contributed by atoms with E-state index in [9.17, 15) is 4.79 Å². The molecule has 1 atom stereocenters. The zero-order valence-electron chi connectivity index (χ0n) is 11.5. The fourth-order valence-electron chi connectivity index (χ4n) is 2.20. The minimum absolute atomic E-state index is 0.0210. The number of ether oxygens (including phenoxy) is 1. The summed E-state index contributed by atoms with van der Waals surface area (Å²) in [4.78, 5) is 12.5. The number of amides is 1. The van der Waals surface area contributed by atoms with E-state index in [2.05, 4.69) is 10.5 Å². The van der Waals surface area contributed by atoms with Crippen molar-refractivity contribution in [2.24, 2.45) is 16.3 Å². The predicted molar refractivity (Wildman–Crippen MR) is 76.5 cm³/mol. The van der Waals surface area contributed by atoms with E-state index in [-0.39, 0.29) is 17.8 Å². The first-order valence-corrected chi connectivity index (χ1v) is 7.85. The largest absolute Gasteiger partial charge is 0.409 e. The van der Waals surface area contributed by atoms with Crippen molar-refractivity contribution < 1.29 is 14.7 Å². The van der Waals surface area contributed by atoms with Crippen LogP contribution >= 0.6 is 11.8 Å². The lowest BCUT2D eigenvalue weighted by Gasteiger charge is -2.35. The summed E-state index contributed by atoms with van der Waals surface area (Å²) < 4.78 is 5.27. The molecule has 1 amide bonds. The lowest BCUT2D eigenvalue weighted by molar-refractivity contribution is -0.132. The molecule has 19 heavy (non-hydrogen) atoms. The Hall–Kier alpha value is -0.950. The molecule has 1 rings (SSSR count). The van der Waals surface area contributed by atoms with Gasteiger partial charge < -0.3 is 21.0 Å². The maximum atomic E-state index is 12.5. The molecule has 1 heterocycles. The molecule has 0 aliphatic carbocycles. The second-order valence-electron chi connectivity index (χ2n) is 4.71. The van der Waals surface area contributed by atoms with Crippen molar-refractivity contribution in [3.63, 3.8) is 0 Å². The van der Waals surface area contributed by atoms with Gasteiger partial charge in [0.1, 0.15) is 5.41 Å². The van der Waals surface area contributed by atoms with Gasteiger partial charge in [0, 0.05) is 25.0 Å². The Balaban J connectivity index is 2.83. The molecule has 0 radical (unpaired) electrons. The smallest absolute Gasteiger partial charge is 0.234 e. The number of carbonyl (C=O) groups excluding carboxylic acids is 1. The normalized spacial score (nSPS) is 20.8. The van der Waals surface area contributed by atoms with E-state index in [1.165, 1.54) is 0 Å². The highest BCUT2D eigenvalue weighted by Gasteiger charge is 2.44. The molecule has 0 aromatic heterocycles. The third-order valence-electron chi connectivity index (χ3n) is 3.57. The summed E-state index contributed by atoms with van der Waals surface area (Å²) in [6, 6.07) is 0.105. The van der Waals surface area contributed by atoms with Gasteiger partial charge in [0.25, 0.3) is 0 Å². The topological polar surface area (TPSA) is 96.9 Å². The third-order valence-corrected chi connectivity index (χ3v) is 4.31. The van der Waals surface area contributed by atoms with Crippen molar-refractivity contribution in [1.29, 1.82) is 0 Å². The van der Waals surface area contributed by atoms with E-state index in [0.29, 0.717) is 26.1 Å². The zero-order chi connectivity index (χ0) is 14.3. The van der Waals surface area contributed by atoms with Gasteiger partial charge in [-0.15, -0.1) is 0 Å². The summed E-state index contributed by atoms with van der Waals surface area (Å²) in [5.74, 6) is 0.671. The summed E-state index contributed by atoms with van der Waals surface area (Å²) >= 11 is 1.69. The van der Waals surface area contributed by atoms with Crippen LogP contribution in [-0.2, 0) is 9.53 Å². The maximum Gasteiger partial charge on any atom is 0.234 e. The van der Waals surface area contributed by atoms with Crippen molar-refractivity contribution in [1.82, 2.24) is 5.32 Å². The first-order valence-electron chi connectivity index (χ1n) is 6.46. The highest BCUT2D eigenvalue weighted by Crippen LogP contribution is 2.31. The van der Waals surface area contributed by atoms with Gasteiger partial charge in [0.05, 0.1) is 0 Å². The number of thioether (sulfide) groups is 1. The minimum atomic E-state index is -0.932. The minimum Gasteiger partial charge on any atom is -0.409 e. The molecule has 0 bridgehead atoms. The van der Waals surface area contributed by atoms with Crippen LogP contribution in [-0.4, -0.2) is 48.2 Å². The number of nitrogens with two attached hydrogens (primary N) is 1. The summed E-state index contributed by atoms with van der Waals surface area (Å²) in [7, 11) is 0. The predicted octanol–water partition coefficient (Wildman–Crippen LogP) is 0.787. The number of oxime groups is 1. The summed E-state index contributed by atoms with van der Waals surface area (Å²) in [5.41, 5.74) is 4.82. The third kappa shape index (κ3) is 3.76. The number of rotatable bonds is 6. The van der Waals surface area contributed by atoms with Gasteiger partial charge >= 0.3 is 0 Å². The highest BCUT2D eigenvalue weighted by molar-refractivity contribution is 7.98. The fraction of sp³-hybridized carbons (Fsp3) is 0.833. The monoisotopic (exact) mass is 289 g/mol. The number of hydrogen-bond donors (Lipinski definition) is 3. The lowest BCUT2D eigenvalue weighted by Crippen LogP contribution is -2.55. The van der Waals surface area contributed by atoms with Crippen molar-refractivity contribution in [3.8, 4) is 0 Å². The van der Waals surface area contributed by atoms with Crippen molar-refractivity contribution >= 4 is 23.5 Å². The van der Waals surface area contributed by atoms with Gasteiger partial charge in [-0.25, -0.2) is 0 Å². The highest BCUT2D eigenvalue weighted by atomic mass is 32.2. The Morgan fingerprint density at radius 3 is 2.68 bits per heavy atom. The zero-order valence-corrected chi connectivity index (χ0v) is 12.3. The SMILES string of the molecule is CCC(CSC)NC(=O)C1(C(N)=NO)CCOCC1. The number of hydrogen-bond acceptors (Lipinski definition) is 5. The Morgan fingerprint density at radius 2 is 2.21 bits per heavy atom. The van der Waals surface area contributed by atoms with Crippen LogP contribution in [0.4, 0.5) is 0 Å². The molecule has 1 aliphatic heterocycles. The molecule has 4 N–H and O–H groups in total. The average Bonchev–Trinajstić information content (AvgIpc) is 2.46. The van der Waals surface area contributed by atoms with Crippen LogP contribution in [0.1, 0.15) is 26.2 Å². The first-order chi connectivity index (χ1) is 9.10. The molecule has 1 unspecified atom stereocenters.